The van der Waals surface area contributed by atoms with E-state index in [1.165, 1.54) is 12.1 Å². The molecule has 0 radical (unpaired) electrons. The lowest BCUT2D eigenvalue weighted by Crippen LogP contribution is -2.34. The number of anilines is 1. The number of carbonyl (C=O) groups is 1. The van der Waals surface area contributed by atoms with Crippen molar-refractivity contribution in [2.75, 3.05) is 18.5 Å². The number of benzene rings is 2. The van der Waals surface area contributed by atoms with Crippen molar-refractivity contribution in [2.45, 2.75) is 23.8 Å². The largest absolute Gasteiger partial charge is 0.376 e. The molecule has 1 heterocycles. The summed E-state index contributed by atoms with van der Waals surface area (Å²) in [5.41, 5.74) is 0.908. The van der Waals surface area contributed by atoms with Gasteiger partial charge in [0.25, 0.3) is 15.9 Å². The summed E-state index contributed by atoms with van der Waals surface area (Å²) in [6.07, 6.45) is 2.24. The highest BCUT2D eigenvalue weighted by Gasteiger charge is 2.19. The van der Waals surface area contributed by atoms with Crippen LogP contribution in [0, 0.1) is 0 Å². The maximum Gasteiger partial charge on any atom is 0.264 e. The van der Waals surface area contributed by atoms with Crippen molar-refractivity contribution in [3.63, 3.8) is 0 Å². The molecule has 0 aromatic heterocycles. The van der Waals surface area contributed by atoms with Crippen LogP contribution in [0.25, 0.3) is 0 Å². The molecule has 3 N–H and O–H groups in total. The van der Waals surface area contributed by atoms with Gasteiger partial charge in [-0.05, 0) is 61.5 Å². The lowest BCUT2D eigenvalue weighted by atomic mass is 10.2. The zero-order valence-electron chi connectivity index (χ0n) is 15.1. The molecule has 1 aliphatic rings. The minimum atomic E-state index is -3.97. The van der Waals surface area contributed by atoms with Gasteiger partial charge in [-0.1, -0.05) is 18.2 Å². The number of rotatable bonds is 6. The van der Waals surface area contributed by atoms with Crippen molar-refractivity contribution < 1.29 is 17.9 Å². The topological polar surface area (TPSA) is 96.5 Å². The summed E-state index contributed by atoms with van der Waals surface area (Å²) in [6.45, 7) is 1.41. The van der Waals surface area contributed by atoms with Crippen LogP contribution >= 0.6 is 12.2 Å². The second-order valence-electron chi connectivity index (χ2n) is 6.30. The van der Waals surface area contributed by atoms with Crippen LogP contribution < -0.4 is 15.4 Å². The van der Waals surface area contributed by atoms with Gasteiger partial charge in [0.05, 0.1) is 11.0 Å². The summed E-state index contributed by atoms with van der Waals surface area (Å²) < 4.78 is 32.4. The SMILES string of the molecule is O=C(NS(=O)(=O)c1ccc(NC(=S)NCC2CCCO2)cc1)c1ccccc1. The standard InChI is InChI=1S/C19H21N3O4S2/c23-18(14-5-2-1-3-6-14)22-28(24,25)17-10-8-15(9-11-17)21-19(27)20-13-16-7-4-12-26-16/h1-3,5-6,8-11,16H,4,7,12-13H2,(H,22,23)(H2,20,21,27). The van der Waals surface area contributed by atoms with Gasteiger partial charge >= 0.3 is 0 Å². The Hall–Kier alpha value is -2.49. The van der Waals surface area contributed by atoms with Gasteiger partial charge in [-0.25, -0.2) is 13.1 Å². The summed E-state index contributed by atoms with van der Waals surface area (Å²) >= 11 is 5.24. The number of sulfonamides is 1. The lowest BCUT2D eigenvalue weighted by Gasteiger charge is -2.14. The summed E-state index contributed by atoms with van der Waals surface area (Å²) in [5, 5.41) is 6.51. The van der Waals surface area contributed by atoms with Gasteiger partial charge in [0.2, 0.25) is 0 Å². The first-order valence-electron chi connectivity index (χ1n) is 8.83. The number of hydrogen-bond acceptors (Lipinski definition) is 5. The second-order valence-corrected chi connectivity index (χ2v) is 8.39. The Morgan fingerprint density at radius 3 is 2.46 bits per heavy atom. The third-order valence-electron chi connectivity index (χ3n) is 4.20. The fraction of sp³-hybridized carbons (Fsp3) is 0.263. The molecule has 2 aromatic carbocycles. The second kappa shape index (κ2) is 9.13. The first kappa shape index (κ1) is 20.2. The van der Waals surface area contributed by atoms with Gasteiger partial charge in [-0.2, -0.15) is 0 Å². The fourth-order valence-corrected chi connectivity index (χ4v) is 3.91. The first-order chi connectivity index (χ1) is 13.4. The highest BCUT2D eigenvalue weighted by atomic mass is 32.2. The van der Waals surface area contributed by atoms with E-state index in [9.17, 15) is 13.2 Å². The summed E-state index contributed by atoms with van der Waals surface area (Å²) in [6, 6.07) is 14.2. The van der Waals surface area contributed by atoms with Crippen LogP contribution in [0.5, 0.6) is 0 Å². The van der Waals surface area contributed by atoms with Crippen molar-refractivity contribution in [1.29, 1.82) is 0 Å². The molecule has 1 unspecified atom stereocenters. The zero-order chi connectivity index (χ0) is 20.0. The monoisotopic (exact) mass is 419 g/mol. The minimum absolute atomic E-state index is 0.0134. The molecule has 0 saturated carbocycles. The summed E-state index contributed by atoms with van der Waals surface area (Å²) in [5.74, 6) is -0.678. The Morgan fingerprint density at radius 2 is 1.82 bits per heavy atom. The van der Waals surface area contributed by atoms with Gasteiger partial charge < -0.3 is 15.4 Å². The predicted octanol–water partition coefficient (Wildman–Crippen LogP) is 2.27. The number of hydrogen-bond donors (Lipinski definition) is 3. The van der Waals surface area contributed by atoms with Gasteiger partial charge in [-0.15, -0.1) is 0 Å². The first-order valence-corrected chi connectivity index (χ1v) is 10.7. The van der Waals surface area contributed by atoms with Gasteiger partial charge in [0.1, 0.15) is 0 Å². The van der Waals surface area contributed by atoms with Crippen molar-refractivity contribution >= 4 is 38.9 Å². The van der Waals surface area contributed by atoms with E-state index in [0.717, 1.165) is 19.4 Å². The van der Waals surface area contributed by atoms with Gasteiger partial charge in [0, 0.05) is 24.4 Å². The Morgan fingerprint density at radius 1 is 1.11 bits per heavy atom. The van der Waals surface area contributed by atoms with Crippen LogP contribution in [0.2, 0.25) is 0 Å². The number of nitrogens with one attached hydrogen (secondary N) is 3. The summed E-state index contributed by atoms with van der Waals surface area (Å²) in [7, 11) is -3.97. The third kappa shape index (κ3) is 5.51. The number of ether oxygens (including phenoxy) is 1. The van der Waals surface area contributed by atoms with Crippen molar-refractivity contribution in [3.05, 3.63) is 60.2 Å². The Balaban J connectivity index is 1.56. The molecule has 1 saturated heterocycles. The Bertz CT molecular complexity index is 925. The predicted molar refractivity (Wildman–Crippen MR) is 111 cm³/mol. The van der Waals surface area contributed by atoms with Crippen LogP contribution in [0.3, 0.4) is 0 Å². The highest BCUT2D eigenvalue weighted by Crippen LogP contribution is 2.15. The normalized spacial score (nSPS) is 16.4. The molecule has 9 heteroatoms. The molecule has 0 aliphatic carbocycles. The number of thiocarbonyl (C=S) groups is 1. The highest BCUT2D eigenvalue weighted by molar-refractivity contribution is 7.90. The third-order valence-corrected chi connectivity index (χ3v) is 5.79. The average Bonchev–Trinajstić information content (AvgIpc) is 3.21. The van der Waals surface area contributed by atoms with Crippen LogP contribution in [0.1, 0.15) is 23.2 Å². The molecular weight excluding hydrogens is 398 g/mol. The van der Waals surface area contributed by atoms with Crippen LogP contribution in [-0.4, -0.2) is 38.7 Å². The van der Waals surface area contributed by atoms with Gasteiger partial charge in [-0.3, -0.25) is 4.79 Å². The Kier molecular flexibility index (Phi) is 6.61. The zero-order valence-corrected chi connectivity index (χ0v) is 16.7. The molecule has 1 fully saturated rings. The molecule has 0 bridgehead atoms. The smallest absolute Gasteiger partial charge is 0.264 e. The molecular formula is C19H21N3O4S2. The number of carbonyl (C=O) groups excluding carboxylic acids is 1. The van der Waals surface area contributed by atoms with Crippen molar-refractivity contribution in [2.24, 2.45) is 0 Å². The van der Waals surface area contributed by atoms with E-state index in [0.29, 0.717) is 17.3 Å². The minimum Gasteiger partial charge on any atom is -0.376 e. The van der Waals surface area contributed by atoms with Crippen molar-refractivity contribution in [3.8, 4) is 0 Å². The lowest BCUT2D eigenvalue weighted by molar-refractivity contribution is 0.0981. The molecule has 0 spiro atoms. The van der Waals surface area contributed by atoms with Gasteiger partial charge in [0.15, 0.2) is 5.11 Å². The Labute approximate surface area is 169 Å². The van der Waals surface area contributed by atoms with Crippen molar-refractivity contribution in [1.82, 2.24) is 10.0 Å². The molecule has 2 aromatic rings. The van der Waals surface area contributed by atoms with E-state index in [4.69, 9.17) is 17.0 Å². The van der Waals surface area contributed by atoms with E-state index >= 15 is 0 Å². The maximum absolute atomic E-state index is 12.4. The molecule has 1 atom stereocenters. The van der Waals surface area contributed by atoms with E-state index in [1.54, 1.807) is 42.5 Å². The molecule has 28 heavy (non-hydrogen) atoms. The van der Waals surface area contributed by atoms with Crippen LogP contribution in [-0.2, 0) is 14.8 Å². The van der Waals surface area contributed by atoms with Crippen LogP contribution in [0.4, 0.5) is 5.69 Å². The van der Waals surface area contributed by atoms with E-state index in [1.807, 2.05) is 0 Å². The molecule has 1 aliphatic heterocycles. The van der Waals surface area contributed by atoms with E-state index in [-0.39, 0.29) is 16.6 Å². The average molecular weight is 420 g/mol. The van der Waals surface area contributed by atoms with E-state index < -0.39 is 15.9 Å². The quantitative estimate of drug-likeness (QED) is 0.618. The number of amides is 1. The summed E-state index contributed by atoms with van der Waals surface area (Å²) in [4.78, 5) is 12.1. The molecule has 148 valence electrons. The molecule has 1 amide bonds. The van der Waals surface area contributed by atoms with Crippen LogP contribution in [0.15, 0.2) is 59.5 Å². The van der Waals surface area contributed by atoms with E-state index in [2.05, 4.69) is 15.4 Å². The fourth-order valence-electron chi connectivity index (χ4n) is 2.73. The maximum atomic E-state index is 12.4. The molecule has 3 rings (SSSR count). The molecule has 7 nitrogen and oxygen atoms in total.